The van der Waals surface area contributed by atoms with Crippen molar-refractivity contribution in [3.05, 3.63) is 34.6 Å². The van der Waals surface area contributed by atoms with Crippen molar-refractivity contribution in [2.24, 2.45) is 11.7 Å². The molecule has 0 saturated heterocycles. The fourth-order valence-electron chi connectivity index (χ4n) is 2.32. The molecule has 0 radical (unpaired) electrons. The van der Waals surface area contributed by atoms with E-state index in [0.29, 0.717) is 18.8 Å². The van der Waals surface area contributed by atoms with Gasteiger partial charge in [-0.05, 0) is 44.4 Å². The van der Waals surface area contributed by atoms with Crippen LogP contribution >= 0.6 is 12.4 Å². The first kappa shape index (κ1) is 17.5. The molecule has 1 amide bonds. The first-order chi connectivity index (χ1) is 9.45. The molecule has 0 saturated carbocycles. The second kappa shape index (κ2) is 6.96. The van der Waals surface area contributed by atoms with Gasteiger partial charge in [0.05, 0.1) is 0 Å². The van der Waals surface area contributed by atoms with Crippen LogP contribution in [0.2, 0.25) is 0 Å². The molecule has 0 aliphatic carbocycles. The summed E-state index contributed by atoms with van der Waals surface area (Å²) in [6.07, 6.45) is 0. The van der Waals surface area contributed by atoms with Gasteiger partial charge in [0.15, 0.2) is 5.76 Å². The zero-order chi connectivity index (χ0) is 14.9. The predicted octanol–water partition coefficient (Wildman–Crippen LogP) is 3.10. The topological polar surface area (TPSA) is 68.3 Å². The minimum absolute atomic E-state index is 0. The first-order valence-corrected chi connectivity index (χ1v) is 6.93. The van der Waals surface area contributed by atoms with Gasteiger partial charge in [-0.2, -0.15) is 0 Å². The lowest BCUT2D eigenvalue weighted by molar-refractivity contribution is 0.0922. The lowest BCUT2D eigenvalue weighted by atomic mass is 10.0. The molecule has 1 unspecified atom stereocenters. The normalized spacial score (nSPS) is 12.0. The maximum absolute atomic E-state index is 12.2. The Bertz CT molecular complexity index is 649. The molecule has 21 heavy (non-hydrogen) atoms. The molecule has 1 atom stereocenters. The Morgan fingerprint density at radius 1 is 1.29 bits per heavy atom. The van der Waals surface area contributed by atoms with Gasteiger partial charge in [0.2, 0.25) is 0 Å². The van der Waals surface area contributed by atoms with Gasteiger partial charge in [0.1, 0.15) is 5.58 Å². The van der Waals surface area contributed by atoms with E-state index in [-0.39, 0.29) is 24.2 Å². The summed E-state index contributed by atoms with van der Waals surface area (Å²) in [5, 5.41) is 3.92. The number of fused-ring (bicyclic) bond motifs is 1. The monoisotopic (exact) mass is 310 g/mol. The highest BCUT2D eigenvalue weighted by Gasteiger charge is 2.19. The minimum atomic E-state index is -0.169. The third-order valence-corrected chi connectivity index (χ3v) is 3.70. The van der Waals surface area contributed by atoms with Crippen LogP contribution in [-0.2, 0) is 0 Å². The average Bonchev–Trinajstić information content (AvgIpc) is 2.79. The van der Waals surface area contributed by atoms with E-state index in [0.717, 1.165) is 27.7 Å². The molecule has 0 bridgehead atoms. The van der Waals surface area contributed by atoms with Crippen LogP contribution in [0.1, 0.15) is 34.2 Å². The molecule has 0 spiro atoms. The van der Waals surface area contributed by atoms with Crippen molar-refractivity contribution < 1.29 is 9.21 Å². The van der Waals surface area contributed by atoms with Crippen LogP contribution < -0.4 is 11.1 Å². The van der Waals surface area contributed by atoms with E-state index in [1.165, 1.54) is 0 Å². The Kier molecular flexibility index (Phi) is 5.81. The Morgan fingerprint density at radius 2 is 1.90 bits per heavy atom. The van der Waals surface area contributed by atoms with E-state index in [1.54, 1.807) is 0 Å². The molecule has 4 nitrogen and oxygen atoms in total. The van der Waals surface area contributed by atoms with Crippen LogP contribution in [0, 0.1) is 26.7 Å². The van der Waals surface area contributed by atoms with Crippen molar-refractivity contribution in [1.29, 1.82) is 0 Å². The quantitative estimate of drug-likeness (QED) is 0.911. The molecule has 116 valence electrons. The second-order valence-corrected chi connectivity index (χ2v) is 5.51. The lowest BCUT2D eigenvalue weighted by Crippen LogP contribution is -2.31. The van der Waals surface area contributed by atoms with Gasteiger partial charge in [-0.1, -0.05) is 19.1 Å². The molecule has 0 aliphatic rings. The third kappa shape index (κ3) is 3.39. The molecule has 2 aromatic rings. The van der Waals surface area contributed by atoms with Crippen LogP contribution in [0.5, 0.6) is 0 Å². The van der Waals surface area contributed by atoms with Crippen LogP contribution in [0.15, 0.2) is 16.5 Å². The zero-order valence-corrected chi connectivity index (χ0v) is 13.8. The Balaban J connectivity index is 0.00000220. The number of amides is 1. The summed E-state index contributed by atoms with van der Waals surface area (Å²) in [6.45, 7) is 9.06. The van der Waals surface area contributed by atoms with Gasteiger partial charge >= 0.3 is 0 Å². The van der Waals surface area contributed by atoms with Gasteiger partial charge < -0.3 is 15.5 Å². The van der Waals surface area contributed by atoms with Crippen molar-refractivity contribution in [2.75, 3.05) is 13.1 Å². The number of hydrogen-bond donors (Lipinski definition) is 2. The van der Waals surface area contributed by atoms with Crippen molar-refractivity contribution >= 4 is 29.3 Å². The average molecular weight is 311 g/mol. The van der Waals surface area contributed by atoms with E-state index in [2.05, 4.69) is 11.4 Å². The van der Waals surface area contributed by atoms with E-state index >= 15 is 0 Å². The molecule has 1 aromatic carbocycles. The zero-order valence-electron chi connectivity index (χ0n) is 12.9. The summed E-state index contributed by atoms with van der Waals surface area (Å²) < 4.78 is 5.79. The molecule has 5 heteroatoms. The molecule has 0 fully saturated rings. The highest BCUT2D eigenvalue weighted by atomic mass is 35.5. The number of carbonyl (C=O) groups excluding carboxylic acids is 1. The largest absolute Gasteiger partial charge is 0.450 e. The standard InChI is InChI=1S/C16H22N2O2.ClH/c1-9(7-17)8-18-16(19)15-12(4)13-10(2)5-6-11(3)14(13)20-15;/h5-6,9H,7-8,17H2,1-4H3,(H,18,19);1H. The Hall–Kier alpha value is -1.52. The number of nitrogens with two attached hydrogens (primary N) is 1. The summed E-state index contributed by atoms with van der Waals surface area (Å²) in [5.74, 6) is 0.492. The molecule has 2 rings (SSSR count). The number of nitrogens with one attached hydrogen (secondary N) is 1. The molecule has 3 N–H and O–H groups in total. The number of carbonyl (C=O) groups is 1. The van der Waals surface area contributed by atoms with E-state index in [1.807, 2.05) is 33.8 Å². The van der Waals surface area contributed by atoms with Gasteiger partial charge in [-0.15, -0.1) is 12.4 Å². The van der Waals surface area contributed by atoms with Crippen molar-refractivity contribution in [3.63, 3.8) is 0 Å². The minimum Gasteiger partial charge on any atom is -0.450 e. The fourth-order valence-corrected chi connectivity index (χ4v) is 2.32. The van der Waals surface area contributed by atoms with Gasteiger partial charge in [-0.25, -0.2) is 0 Å². The van der Waals surface area contributed by atoms with Gasteiger partial charge in [0, 0.05) is 17.5 Å². The summed E-state index contributed by atoms with van der Waals surface area (Å²) in [5.41, 5.74) is 9.43. The number of rotatable bonds is 4. The maximum Gasteiger partial charge on any atom is 0.287 e. The molecule has 1 heterocycles. The first-order valence-electron chi connectivity index (χ1n) is 6.93. The third-order valence-electron chi connectivity index (χ3n) is 3.70. The molecule has 0 aliphatic heterocycles. The summed E-state index contributed by atoms with van der Waals surface area (Å²) >= 11 is 0. The second-order valence-electron chi connectivity index (χ2n) is 5.51. The smallest absolute Gasteiger partial charge is 0.287 e. The van der Waals surface area contributed by atoms with E-state index < -0.39 is 0 Å². The van der Waals surface area contributed by atoms with E-state index in [9.17, 15) is 4.79 Å². The van der Waals surface area contributed by atoms with Crippen LogP contribution in [0.4, 0.5) is 0 Å². The summed E-state index contributed by atoms with van der Waals surface area (Å²) in [7, 11) is 0. The number of benzene rings is 1. The van der Waals surface area contributed by atoms with Crippen LogP contribution in [0.3, 0.4) is 0 Å². The molecular weight excluding hydrogens is 288 g/mol. The summed E-state index contributed by atoms with van der Waals surface area (Å²) in [4.78, 5) is 12.2. The van der Waals surface area contributed by atoms with Crippen LogP contribution in [-0.4, -0.2) is 19.0 Å². The number of halogens is 1. The van der Waals surface area contributed by atoms with Crippen molar-refractivity contribution in [2.45, 2.75) is 27.7 Å². The Morgan fingerprint density at radius 3 is 2.48 bits per heavy atom. The maximum atomic E-state index is 12.2. The summed E-state index contributed by atoms with van der Waals surface area (Å²) in [6, 6.07) is 4.07. The lowest BCUT2D eigenvalue weighted by Gasteiger charge is -2.09. The highest BCUT2D eigenvalue weighted by Crippen LogP contribution is 2.30. The predicted molar refractivity (Wildman–Crippen MR) is 88.2 cm³/mol. The molecule has 1 aromatic heterocycles. The van der Waals surface area contributed by atoms with Crippen LogP contribution in [0.25, 0.3) is 11.0 Å². The number of aryl methyl sites for hydroxylation is 3. The SMILES string of the molecule is Cc1ccc(C)c2c(C)c(C(=O)NCC(C)CN)oc12.Cl. The fraction of sp³-hybridized carbons (Fsp3) is 0.438. The van der Waals surface area contributed by atoms with Crippen molar-refractivity contribution in [1.82, 2.24) is 5.32 Å². The van der Waals surface area contributed by atoms with E-state index in [4.69, 9.17) is 10.2 Å². The number of hydrogen-bond acceptors (Lipinski definition) is 3. The molecular formula is C16H23ClN2O2. The number of furan rings is 1. The Labute approximate surface area is 131 Å². The van der Waals surface area contributed by atoms with Gasteiger partial charge in [0.25, 0.3) is 5.91 Å². The highest BCUT2D eigenvalue weighted by molar-refractivity contribution is 6.00. The van der Waals surface area contributed by atoms with Gasteiger partial charge in [-0.3, -0.25) is 4.79 Å². The van der Waals surface area contributed by atoms with Crippen molar-refractivity contribution in [3.8, 4) is 0 Å².